The Morgan fingerprint density at radius 1 is 0.673 bits per heavy atom. The number of aliphatic imine (C=N–C) groups is 2. The Morgan fingerprint density at radius 3 is 1.25 bits per heavy atom. The first-order valence-electron chi connectivity index (χ1n) is 13.9. The van der Waals surface area contributed by atoms with E-state index in [4.69, 9.17) is 10.1 Å². The van der Waals surface area contributed by atoms with Crippen LogP contribution >= 0.6 is 0 Å². The van der Waals surface area contributed by atoms with Gasteiger partial charge in [0.2, 0.25) is 0 Å². The molecule has 0 atom stereocenters. The van der Waals surface area contributed by atoms with Gasteiger partial charge in [-0.2, -0.15) is 0 Å². The molecule has 0 amide bonds. The number of phenolic OH excluding ortho intramolecular Hbond substituents is 2. The Hall–Kier alpha value is -4.71. The molecule has 0 aliphatic rings. The summed E-state index contributed by atoms with van der Waals surface area (Å²) in [6.07, 6.45) is 7.92. The Kier molecular flexibility index (Phi) is 27.8. The number of nitrogens with zero attached hydrogens (tertiary/aromatic N) is 5. The van der Waals surface area contributed by atoms with Gasteiger partial charge in [0.25, 0.3) is 0 Å². The largest absolute Gasteiger partial charge is 2.00 e. The van der Waals surface area contributed by atoms with Crippen LogP contribution in [0.25, 0.3) is 0 Å². The molecule has 4 aromatic rings. The van der Waals surface area contributed by atoms with Crippen LogP contribution in [0, 0.1) is 10.1 Å². The van der Waals surface area contributed by atoms with E-state index in [1.165, 1.54) is 48.8 Å². The Bertz CT molecular complexity index is 1490. The molecule has 0 aliphatic carbocycles. The zero-order valence-electron chi connectivity index (χ0n) is 26.6. The zero-order valence-corrected chi connectivity index (χ0v) is 28.5. The number of nitro groups is 1. The monoisotopic (exact) mass is 843 g/mol. The maximum Gasteiger partial charge on any atom is 2.00 e. The molecule has 2 heterocycles. The summed E-state index contributed by atoms with van der Waals surface area (Å²) in [6.45, 7) is 1.12. The average molecular weight is 844 g/mol. The normalized spacial score (nSPS) is 10.3. The van der Waals surface area contributed by atoms with Gasteiger partial charge in [-0.1, -0.05) is 35.8 Å². The third kappa shape index (κ3) is 33.8. The molecule has 2 radical (unpaired) electrons. The van der Waals surface area contributed by atoms with Crippen LogP contribution in [0.5, 0.6) is 23.0 Å². The zero-order chi connectivity index (χ0) is 38.2. The summed E-state index contributed by atoms with van der Waals surface area (Å²) >= 11 is 0. The molecule has 0 bridgehead atoms. The van der Waals surface area contributed by atoms with Gasteiger partial charge in [0, 0.05) is 67.1 Å². The number of halogens is 8. The van der Waals surface area contributed by atoms with Crippen LogP contribution in [0.2, 0.25) is 0 Å². The first-order chi connectivity index (χ1) is 23.2. The standard InChI is InChI=1S/2C14H14N2O2.CH3NO2.2BF4.2Cu/c2*17-13-4-5-14(18)11(9-13)10-15-8-6-12-3-1-2-7-16-12;1-2(3)4;2*2-1(3,4)5;;/h2*1-5,7,9-10,17-18H,6,8H2;1H3;;;;/q;;;2*-1;2*+2/p-2. The summed E-state index contributed by atoms with van der Waals surface area (Å²) < 4.78 is 78.0. The minimum atomic E-state index is -6.00. The smallest absolute Gasteiger partial charge is 0.872 e. The van der Waals surface area contributed by atoms with Crippen molar-refractivity contribution in [3.8, 4) is 23.0 Å². The number of aromatic hydroxyl groups is 2. The number of phenols is 2. The van der Waals surface area contributed by atoms with E-state index in [-0.39, 0.29) is 57.1 Å². The van der Waals surface area contributed by atoms with Gasteiger partial charge in [-0.25, -0.2) is 0 Å². The van der Waals surface area contributed by atoms with Crippen LogP contribution in [0.3, 0.4) is 0 Å². The van der Waals surface area contributed by atoms with E-state index in [2.05, 4.69) is 20.0 Å². The topological polar surface area (TPSA) is 180 Å². The van der Waals surface area contributed by atoms with Crippen LogP contribution in [-0.2, 0) is 47.0 Å². The summed E-state index contributed by atoms with van der Waals surface area (Å²) in [5, 5.41) is 50.2. The first kappa shape index (κ1) is 51.7. The molecule has 0 fully saturated rings. The number of aromatic nitrogens is 2. The van der Waals surface area contributed by atoms with Crippen LogP contribution in [0.4, 0.5) is 34.5 Å². The molecule has 0 saturated heterocycles. The fraction of sp³-hybridized carbons (Fsp3) is 0.172. The quantitative estimate of drug-likeness (QED) is 0.0764. The van der Waals surface area contributed by atoms with Crippen molar-refractivity contribution in [2.24, 2.45) is 9.98 Å². The average Bonchev–Trinajstić information content (AvgIpc) is 3.00. The van der Waals surface area contributed by atoms with E-state index in [1.807, 2.05) is 36.4 Å². The molecule has 2 aromatic heterocycles. The minimum absolute atomic E-state index is 0. The molecule has 0 spiro atoms. The fourth-order valence-corrected chi connectivity index (χ4v) is 3.05. The van der Waals surface area contributed by atoms with Crippen LogP contribution in [0.15, 0.2) is 95.2 Å². The number of hydrogen-bond donors (Lipinski definition) is 2. The van der Waals surface area contributed by atoms with E-state index >= 15 is 0 Å². The molecule has 52 heavy (non-hydrogen) atoms. The van der Waals surface area contributed by atoms with E-state index in [1.54, 1.807) is 12.4 Å². The van der Waals surface area contributed by atoms with Crippen LogP contribution in [-0.4, -0.2) is 72.2 Å². The van der Waals surface area contributed by atoms with Gasteiger partial charge in [0.1, 0.15) is 11.5 Å². The summed E-state index contributed by atoms with van der Waals surface area (Å²) in [6, 6.07) is 19.7. The fourth-order valence-electron chi connectivity index (χ4n) is 3.05. The Labute approximate surface area is 313 Å². The summed E-state index contributed by atoms with van der Waals surface area (Å²) in [5.41, 5.74) is 2.73. The van der Waals surface area contributed by atoms with Crippen molar-refractivity contribution < 1.29 is 94.0 Å². The van der Waals surface area contributed by atoms with E-state index in [0.717, 1.165) is 31.3 Å². The second-order valence-corrected chi connectivity index (χ2v) is 9.09. The van der Waals surface area contributed by atoms with Crippen molar-refractivity contribution in [3.63, 3.8) is 0 Å². The summed E-state index contributed by atoms with van der Waals surface area (Å²) in [5.74, 6) is -0.148. The van der Waals surface area contributed by atoms with Gasteiger partial charge >= 0.3 is 48.6 Å². The van der Waals surface area contributed by atoms with Gasteiger partial charge in [-0.05, 0) is 59.7 Å². The predicted molar refractivity (Wildman–Crippen MR) is 169 cm³/mol. The Morgan fingerprint density at radius 2 is 0.981 bits per heavy atom. The van der Waals surface area contributed by atoms with Crippen molar-refractivity contribution in [3.05, 3.63) is 118 Å². The van der Waals surface area contributed by atoms with Crippen molar-refractivity contribution >= 4 is 26.9 Å². The van der Waals surface area contributed by atoms with Crippen molar-refractivity contribution in [2.75, 3.05) is 20.1 Å². The molecule has 0 saturated carbocycles. The maximum absolute atomic E-state index is 11.4. The van der Waals surface area contributed by atoms with E-state index in [9.17, 15) is 55.0 Å². The van der Waals surface area contributed by atoms with Crippen LogP contribution in [0.1, 0.15) is 22.5 Å². The molecule has 0 aliphatic heterocycles. The van der Waals surface area contributed by atoms with Gasteiger partial charge in [0.15, 0.2) is 7.05 Å². The van der Waals surface area contributed by atoms with Crippen molar-refractivity contribution in [1.29, 1.82) is 0 Å². The first-order valence-corrected chi connectivity index (χ1v) is 13.9. The summed E-state index contributed by atoms with van der Waals surface area (Å²) in [4.78, 5) is 25.0. The van der Waals surface area contributed by atoms with E-state index < -0.39 is 19.4 Å². The second kappa shape index (κ2) is 27.9. The Balaban J connectivity index is -0.000000662. The summed E-state index contributed by atoms with van der Waals surface area (Å²) in [7, 11) is -11.1. The molecule has 290 valence electrons. The molecule has 11 nitrogen and oxygen atoms in total. The molecule has 2 aromatic carbocycles. The van der Waals surface area contributed by atoms with Crippen molar-refractivity contribution in [2.45, 2.75) is 12.8 Å². The minimum Gasteiger partial charge on any atom is -0.872 e. The van der Waals surface area contributed by atoms with E-state index in [0.29, 0.717) is 24.2 Å². The number of benzene rings is 2. The third-order valence-corrected chi connectivity index (χ3v) is 4.89. The predicted octanol–water partition coefficient (Wildman–Crippen LogP) is 5.53. The molecule has 0 unspecified atom stereocenters. The van der Waals surface area contributed by atoms with Gasteiger partial charge in [0.05, 0.1) is 0 Å². The second-order valence-electron chi connectivity index (χ2n) is 9.09. The number of rotatable bonds is 8. The number of hydrogen-bond acceptors (Lipinski definition) is 10. The maximum atomic E-state index is 11.4. The molecule has 4 rings (SSSR count). The SMILES string of the molecule is C[N+](=O)[O-].F[B-](F)(F)F.F[B-](F)(F)F.[Cu+2].[Cu+2].[O-]c1ccc(O)cc1C=NCCc1ccccn1.[O-]c1ccc(O)cc1C=NCCc1ccccn1. The van der Waals surface area contributed by atoms with Gasteiger partial charge in [-0.15, -0.1) is 0 Å². The van der Waals surface area contributed by atoms with Crippen LogP contribution < -0.4 is 10.2 Å². The van der Waals surface area contributed by atoms with Crippen molar-refractivity contribution in [1.82, 2.24) is 9.97 Å². The number of pyridine rings is 2. The van der Waals surface area contributed by atoms with Gasteiger partial charge < -0.3 is 55.0 Å². The third-order valence-electron chi connectivity index (χ3n) is 4.89. The molecule has 23 heteroatoms. The van der Waals surface area contributed by atoms with Gasteiger partial charge in [-0.3, -0.25) is 30.1 Å². The molecule has 2 N–H and O–H groups in total. The molecular formula is C29H29B2Cu2F8N5O6. The molecular weight excluding hydrogens is 815 g/mol.